The molecule has 1 saturated heterocycles. The van der Waals surface area contributed by atoms with Crippen LogP contribution in [-0.4, -0.2) is 48.5 Å². The molecule has 2 N–H and O–H groups in total. The predicted molar refractivity (Wildman–Crippen MR) is 85.5 cm³/mol. The zero-order valence-corrected chi connectivity index (χ0v) is 13.5. The van der Waals surface area contributed by atoms with Crippen LogP contribution < -0.4 is 10.2 Å². The Hall–Kier alpha value is -1.59. The van der Waals surface area contributed by atoms with Gasteiger partial charge in [0.2, 0.25) is 0 Å². The van der Waals surface area contributed by atoms with E-state index in [0.29, 0.717) is 28.9 Å². The number of aliphatic hydroxyl groups excluding tert-OH is 1. The number of nitrogens with zero attached hydrogens (tertiary/aromatic N) is 1. The summed E-state index contributed by atoms with van der Waals surface area (Å²) in [5.41, 5.74) is 3.69. The Bertz CT molecular complexity index is 498. The van der Waals surface area contributed by atoms with Crippen molar-refractivity contribution in [3.63, 3.8) is 0 Å². The lowest BCUT2D eigenvalue weighted by molar-refractivity contribution is -0.967. The summed E-state index contributed by atoms with van der Waals surface area (Å²) in [6, 6.07) is 7.24. The van der Waals surface area contributed by atoms with Gasteiger partial charge in [0.1, 0.15) is 31.5 Å². The molecular weight excluding hydrogens is 280 g/mol. The second kappa shape index (κ2) is 7.61. The molecule has 22 heavy (non-hydrogen) atoms. The fourth-order valence-electron chi connectivity index (χ4n) is 3.10. The highest BCUT2D eigenvalue weighted by Crippen LogP contribution is 2.21. The topological polar surface area (TPSA) is 58.6 Å². The second-order valence-electron chi connectivity index (χ2n) is 6.04. The number of hydrogen-bond donors (Lipinski definition) is 2. The SMILES string of the molecule is CCC(O)C[N+]1(NC(=O)c2ccccc2OC)CCCCC1. The molecule has 5 nitrogen and oxygen atoms in total. The molecule has 0 saturated carbocycles. The first-order valence-corrected chi connectivity index (χ1v) is 8.10. The van der Waals surface area contributed by atoms with Crippen molar-refractivity contribution in [1.82, 2.24) is 5.43 Å². The van der Waals surface area contributed by atoms with E-state index in [2.05, 4.69) is 5.43 Å². The monoisotopic (exact) mass is 307 g/mol. The highest BCUT2D eigenvalue weighted by molar-refractivity contribution is 5.96. The van der Waals surface area contributed by atoms with E-state index in [1.807, 2.05) is 19.1 Å². The predicted octanol–water partition coefficient (Wildman–Crippen LogP) is 2.11. The van der Waals surface area contributed by atoms with Crippen LogP contribution in [0.3, 0.4) is 0 Å². The summed E-state index contributed by atoms with van der Waals surface area (Å²) < 4.78 is 5.74. The maximum absolute atomic E-state index is 12.7. The van der Waals surface area contributed by atoms with E-state index in [-0.39, 0.29) is 5.91 Å². The third-order valence-corrected chi connectivity index (χ3v) is 4.39. The molecule has 122 valence electrons. The summed E-state index contributed by atoms with van der Waals surface area (Å²) in [5.74, 6) is 0.439. The van der Waals surface area contributed by atoms with Crippen LogP contribution in [0.2, 0.25) is 0 Å². The third kappa shape index (κ3) is 3.99. The summed E-state index contributed by atoms with van der Waals surface area (Å²) in [7, 11) is 1.57. The Kier molecular flexibility index (Phi) is 5.80. The molecule has 1 amide bonds. The highest BCUT2D eigenvalue weighted by Gasteiger charge is 2.35. The summed E-state index contributed by atoms with van der Waals surface area (Å²) in [5, 5.41) is 10.1. The van der Waals surface area contributed by atoms with Gasteiger partial charge in [-0.2, -0.15) is 5.43 Å². The van der Waals surface area contributed by atoms with Gasteiger partial charge in [-0.1, -0.05) is 19.1 Å². The van der Waals surface area contributed by atoms with Gasteiger partial charge in [-0.3, -0.25) is 4.79 Å². The number of hydrogen-bond acceptors (Lipinski definition) is 3. The quantitative estimate of drug-likeness (QED) is 0.791. The first-order valence-electron chi connectivity index (χ1n) is 8.10. The van der Waals surface area contributed by atoms with Crippen molar-refractivity contribution in [2.24, 2.45) is 0 Å². The average molecular weight is 307 g/mol. The largest absolute Gasteiger partial charge is 0.496 e. The molecule has 0 aromatic heterocycles. The molecule has 1 fully saturated rings. The number of piperidine rings is 1. The number of ether oxygens (including phenoxy) is 1. The minimum atomic E-state index is -0.393. The minimum Gasteiger partial charge on any atom is -0.496 e. The van der Waals surface area contributed by atoms with Crippen LogP contribution in [0.1, 0.15) is 43.0 Å². The van der Waals surface area contributed by atoms with Crippen molar-refractivity contribution >= 4 is 5.91 Å². The van der Waals surface area contributed by atoms with Crippen molar-refractivity contribution in [2.45, 2.75) is 38.7 Å². The molecule has 1 aromatic rings. The van der Waals surface area contributed by atoms with Crippen LogP contribution in [0.25, 0.3) is 0 Å². The van der Waals surface area contributed by atoms with Gasteiger partial charge in [-0.05, 0) is 37.8 Å². The number of likely N-dealkylation sites (tertiary alicyclic amines) is 1. The zero-order valence-electron chi connectivity index (χ0n) is 13.5. The molecule has 1 aliphatic heterocycles. The highest BCUT2D eigenvalue weighted by atomic mass is 16.5. The summed E-state index contributed by atoms with van der Waals surface area (Å²) >= 11 is 0. The van der Waals surface area contributed by atoms with Crippen LogP contribution in [0.15, 0.2) is 24.3 Å². The fraction of sp³-hybridized carbons (Fsp3) is 0.588. The van der Waals surface area contributed by atoms with Crippen molar-refractivity contribution in [2.75, 3.05) is 26.7 Å². The molecule has 1 heterocycles. The lowest BCUT2D eigenvalue weighted by Crippen LogP contribution is -2.64. The van der Waals surface area contributed by atoms with Crippen molar-refractivity contribution in [3.8, 4) is 5.75 Å². The van der Waals surface area contributed by atoms with Gasteiger partial charge in [0.05, 0.1) is 12.7 Å². The van der Waals surface area contributed by atoms with Gasteiger partial charge in [0.25, 0.3) is 5.91 Å². The van der Waals surface area contributed by atoms with Gasteiger partial charge in [-0.25, -0.2) is 4.59 Å². The summed E-state index contributed by atoms with van der Waals surface area (Å²) in [4.78, 5) is 12.7. The number of methoxy groups -OCH3 is 1. The maximum Gasteiger partial charge on any atom is 0.299 e. The summed E-state index contributed by atoms with van der Waals surface area (Å²) in [6.07, 6.45) is 3.64. The number of quaternary nitrogens is 1. The Morgan fingerprint density at radius 2 is 2.00 bits per heavy atom. The van der Waals surface area contributed by atoms with Gasteiger partial charge < -0.3 is 9.84 Å². The number of nitrogens with one attached hydrogen (secondary N) is 1. The Balaban J connectivity index is 2.17. The molecule has 5 heteroatoms. The molecule has 2 rings (SSSR count). The zero-order chi connectivity index (χ0) is 16.0. The average Bonchev–Trinajstić information content (AvgIpc) is 2.55. The van der Waals surface area contributed by atoms with E-state index in [1.54, 1.807) is 19.2 Å². The number of para-hydroxylation sites is 1. The van der Waals surface area contributed by atoms with E-state index < -0.39 is 6.10 Å². The van der Waals surface area contributed by atoms with Crippen LogP contribution >= 0.6 is 0 Å². The first-order chi connectivity index (χ1) is 10.6. The lowest BCUT2D eigenvalue weighted by atomic mass is 10.1. The molecular formula is C17H27N2O3+. The van der Waals surface area contributed by atoms with Gasteiger partial charge in [0.15, 0.2) is 0 Å². The third-order valence-electron chi connectivity index (χ3n) is 4.39. The molecule has 1 aromatic carbocycles. The smallest absolute Gasteiger partial charge is 0.299 e. The van der Waals surface area contributed by atoms with Crippen molar-refractivity contribution in [3.05, 3.63) is 29.8 Å². The number of amides is 1. The van der Waals surface area contributed by atoms with E-state index in [1.165, 1.54) is 6.42 Å². The van der Waals surface area contributed by atoms with Gasteiger partial charge in [-0.15, -0.1) is 0 Å². The molecule has 1 aliphatic rings. The van der Waals surface area contributed by atoms with E-state index in [9.17, 15) is 9.90 Å². The molecule has 0 radical (unpaired) electrons. The molecule has 0 spiro atoms. The Morgan fingerprint density at radius 3 is 2.64 bits per heavy atom. The van der Waals surface area contributed by atoms with Crippen LogP contribution in [0.5, 0.6) is 5.75 Å². The molecule has 0 aliphatic carbocycles. The van der Waals surface area contributed by atoms with E-state index >= 15 is 0 Å². The first kappa shape index (κ1) is 16.8. The standard InChI is InChI=1S/C17H26N2O3/c1-3-14(20)13-19(11-7-4-8-12-19)18-17(21)15-9-5-6-10-16(15)22-2/h5-6,9-10,14,20H,3-4,7-8,11-13H2,1-2H3/p+1. The Labute approximate surface area is 132 Å². The maximum atomic E-state index is 12.7. The molecule has 0 bridgehead atoms. The number of benzene rings is 1. The fourth-order valence-corrected chi connectivity index (χ4v) is 3.10. The Morgan fingerprint density at radius 1 is 1.32 bits per heavy atom. The van der Waals surface area contributed by atoms with Gasteiger partial charge in [0, 0.05) is 0 Å². The normalized spacial score (nSPS) is 18.5. The van der Waals surface area contributed by atoms with E-state index in [0.717, 1.165) is 25.9 Å². The summed E-state index contributed by atoms with van der Waals surface area (Å²) in [6.45, 7) is 4.28. The van der Waals surface area contributed by atoms with E-state index in [4.69, 9.17) is 4.74 Å². The number of aliphatic hydroxyl groups is 1. The minimum absolute atomic E-state index is 0.136. The van der Waals surface area contributed by atoms with Crippen molar-refractivity contribution in [1.29, 1.82) is 0 Å². The van der Waals surface area contributed by atoms with Gasteiger partial charge >= 0.3 is 0 Å². The number of carbonyl (C=O) groups excluding carboxylic acids is 1. The van der Waals surface area contributed by atoms with Crippen LogP contribution in [-0.2, 0) is 0 Å². The van der Waals surface area contributed by atoms with Crippen LogP contribution in [0, 0.1) is 0 Å². The van der Waals surface area contributed by atoms with Crippen LogP contribution in [0.4, 0.5) is 0 Å². The number of rotatable bonds is 6. The lowest BCUT2D eigenvalue weighted by Gasteiger charge is -2.41. The number of carbonyl (C=O) groups is 1. The molecule has 1 atom stereocenters. The van der Waals surface area contributed by atoms with Crippen molar-refractivity contribution < 1.29 is 19.2 Å². The second-order valence-corrected chi connectivity index (χ2v) is 6.04. The molecule has 1 unspecified atom stereocenters.